The second-order valence-electron chi connectivity index (χ2n) is 6.51. The second-order valence-corrected chi connectivity index (χ2v) is 8.03. The summed E-state index contributed by atoms with van der Waals surface area (Å²) in [6.45, 7) is -0.538. The molecule has 0 saturated carbocycles. The Morgan fingerprint density at radius 3 is 2.87 bits per heavy atom. The summed E-state index contributed by atoms with van der Waals surface area (Å²) in [5.41, 5.74) is 11.8. The van der Waals surface area contributed by atoms with Gasteiger partial charge in [-0.2, -0.15) is 0 Å². The van der Waals surface area contributed by atoms with E-state index in [1.807, 2.05) is 0 Å². The number of amides is 1. The minimum Gasteiger partial charge on any atom is -0.481 e. The average Bonchev–Trinajstić information content (AvgIpc) is 3.23. The number of hydrogen-bond acceptors (Lipinski definition) is 11. The molecule has 0 aliphatic carbocycles. The molecule has 1 fully saturated rings. The van der Waals surface area contributed by atoms with Gasteiger partial charge < -0.3 is 31.3 Å². The number of nitrogens with one attached hydrogen (secondary N) is 1. The minimum absolute atomic E-state index is 0.106. The highest BCUT2D eigenvalue weighted by atomic mass is 31.2. The number of imidazole rings is 1. The van der Waals surface area contributed by atoms with Crippen molar-refractivity contribution in [3.63, 3.8) is 0 Å². The fourth-order valence-corrected chi connectivity index (χ4v) is 3.68. The highest BCUT2D eigenvalue weighted by molar-refractivity contribution is 7.51. The lowest BCUT2D eigenvalue weighted by molar-refractivity contribution is -0.139. The Morgan fingerprint density at radius 1 is 1.43 bits per heavy atom. The third-order valence-corrected chi connectivity index (χ3v) is 5.30. The highest BCUT2D eigenvalue weighted by Crippen LogP contribution is 2.39. The zero-order valence-electron chi connectivity index (χ0n) is 15.4. The summed E-state index contributed by atoms with van der Waals surface area (Å²) in [7, 11) is -4.67. The van der Waals surface area contributed by atoms with Crippen LogP contribution in [0.2, 0.25) is 0 Å². The van der Waals surface area contributed by atoms with Gasteiger partial charge in [-0.1, -0.05) is 0 Å². The Bertz CT molecular complexity index is 1000. The van der Waals surface area contributed by atoms with E-state index in [0.29, 0.717) is 11.2 Å². The number of carbonyl (C=O) groups excluding carboxylic acids is 1. The molecule has 3 rings (SSSR count). The number of aromatic nitrogens is 4. The number of ether oxygens (including phenoxy) is 1. The first-order chi connectivity index (χ1) is 14.1. The summed E-state index contributed by atoms with van der Waals surface area (Å²) in [6, 6.07) is -1.53. The molecule has 1 amide bonds. The van der Waals surface area contributed by atoms with Gasteiger partial charge in [0, 0.05) is 6.42 Å². The molecule has 2 aromatic heterocycles. The first kappa shape index (κ1) is 22.0. The smallest absolute Gasteiger partial charge is 0.432 e. The van der Waals surface area contributed by atoms with E-state index in [9.17, 15) is 24.2 Å². The lowest BCUT2D eigenvalue weighted by Gasteiger charge is -2.19. The molecule has 1 saturated heterocycles. The van der Waals surface area contributed by atoms with E-state index < -0.39 is 57.1 Å². The van der Waals surface area contributed by atoms with Crippen molar-refractivity contribution in [3.8, 4) is 0 Å². The van der Waals surface area contributed by atoms with Crippen LogP contribution in [0.15, 0.2) is 12.7 Å². The summed E-state index contributed by atoms with van der Waals surface area (Å²) in [6.07, 6.45) is -0.725. The van der Waals surface area contributed by atoms with E-state index in [4.69, 9.17) is 25.8 Å². The van der Waals surface area contributed by atoms with Gasteiger partial charge >= 0.3 is 13.7 Å². The van der Waals surface area contributed by atoms with Gasteiger partial charge in [0.1, 0.15) is 24.2 Å². The van der Waals surface area contributed by atoms with Crippen LogP contribution in [0.5, 0.6) is 0 Å². The predicted octanol–water partition coefficient (Wildman–Crippen LogP) is -1.91. The Balaban J connectivity index is 1.60. The third kappa shape index (κ3) is 4.89. The van der Waals surface area contributed by atoms with Crippen LogP contribution in [0.25, 0.3) is 11.2 Å². The van der Waals surface area contributed by atoms with E-state index in [-0.39, 0.29) is 12.2 Å². The molecule has 0 spiro atoms. The quantitative estimate of drug-likeness (QED) is 0.243. The summed E-state index contributed by atoms with van der Waals surface area (Å²) >= 11 is 0. The first-order valence-corrected chi connectivity index (χ1v) is 10.2. The van der Waals surface area contributed by atoms with Crippen LogP contribution in [0.4, 0.5) is 5.82 Å². The van der Waals surface area contributed by atoms with Gasteiger partial charge in [0.15, 0.2) is 11.5 Å². The van der Waals surface area contributed by atoms with Crippen molar-refractivity contribution in [1.82, 2.24) is 24.6 Å². The average molecular weight is 445 g/mol. The zero-order chi connectivity index (χ0) is 22.1. The van der Waals surface area contributed by atoms with Crippen LogP contribution in [-0.2, 0) is 23.4 Å². The summed E-state index contributed by atoms with van der Waals surface area (Å²) < 4.78 is 24.0. The molecule has 1 unspecified atom stereocenters. The molecule has 2 aromatic rings. The largest absolute Gasteiger partial charge is 0.481 e. The van der Waals surface area contributed by atoms with Crippen molar-refractivity contribution in [2.75, 3.05) is 12.3 Å². The summed E-state index contributed by atoms with van der Waals surface area (Å²) in [5, 5.41) is 20.5. The lowest BCUT2D eigenvalue weighted by atomic mass is 10.2. The Morgan fingerprint density at radius 2 is 2.17 bits per heavy atom. The highest BCUT2D eigenvalue weighted by Gasteiger charge is 2.38. The molecule has 16 heteroatoms. The Hall–Kier alpha value is -2.68. The molecule has 0 aromatic carbocycles. The molecular formula is C14H20N7O8P. The number of carbonyl (C=O) groups is 2. The van der Waals surface area contributed by atoms with Crippen LogP contribution in [0.1, 0.15) is 19.1 Å². The predicted molar refractivity (Wildman–Crippen MR) is 98.4 cm³/mol. The fourth-order valence-electron chi connectivity index (χ4n) is 2.83. The Labute approximate surface area is 168 Å². The molecule has 164 valence electrons. The number of fused-ring (bicyclic) bond motifs is 1. The number of rotatable bonds is 8. The molecule has 0 bridgehead atoms. The first-order valence-electron chi connectivity index (χ1n) is 8.60. The van der Waals surface area contributed by atoms with E-state index in [1.165, 1.54) is 17.2 Å². The van der Waals surface area contributed by atoms with Gasteiger partial charge in [-0.25, -0.2) is 19.5 Å². The maximum absolute atomic E-state index is 12.0. The van der Waals surface area contributed by atoms with Crippen LogP contribution < -0.4 is 16.6 Å². The number of nitrogens with zero attached hydrogens (tertiary/aromatic N) is 4. The fraction of sp³-hybridized carbons (Fsp3) is 0.500. The molecule has 8 N–H and O–H groups in total. The van der Waals surface area contributed by atoms with Gasteiger partial charge in [-0.3, -0.25) is 23.8 Å². The molecule has 3 heterocycles. The second kappa shape index (κ2) is 8.59. The normalized spacial score (nSPS) is 24.4. The molecular weight excluding hydrogens is 425 g/mol. The molecule has 5 atom stereocenters. The SMILES string of the molecule is Nc1ncnc2c1ncn2[C@H]1C[C@H](O)[C@@H](COP(=O)(O)NC(=O)[C@@H](N)CC(=O)O)O1. The van der Waals surface area contributed by atoms with E-state index in [0.717, 1.165) is 0 Å². The van der Waals surface area contributed by atoms with Crippen LogP contribution in [-0.4, -0.2) is 71.4 Å². The van der Waals surface area contributed by atoms with Gasteiger partial charge in [0.05, 0.1) is 31.5 Å². The van der Waals surface area contributed by atoms with Crippen molar-refractivity contribution in [2.45, 2.75) is 37.3 Å². The van der Waals surface area contributed by atoms with Crippen LogP contribution >= 0.6 is 7.75 Å². The van der Waals surface area contributed by atoms with Gasteiger partial charge in [-0.05, 0) is 0 Å². The number of aliphatic hydroxyl groups excluding tert-OH is 1. The standard InChI is InChI=1S/C14H20N7O8P/c15-6(1-10(23)24)14(25)20-30(26,27)28-3-8-7(22)2-9(29-8)21-5-19-11-12(16)17-4-18-13(11)21/h4-9,22H,1-3,15H2,(H,23,24)(H2,16,17,18)(H2,20,25,26,27)/t6-,7-,8+,9+/m0/s1. The molecule has 30 heavy (non-hydrogen) atoms. The topological polar surface area (TPSA) is 238 Å². The zero-order valence-corrected chi connectivity index (χ0v) is 16.3. The molecule has 1 aliphatic heterocycles. The third-order valence-electron chi connectivity index (χ3n) is 4.30. The number of carboxylic acid groups (broad SMARTS) is 1. The number of aliphatic carboxylic acids is 1. The van der Waals surface area contributed by atoms with Crippen molar-refractivity contribution in [3.05, 3.63) is 12.7 Å². The molecule has 0 radical (unpaired) electrons. The summed E-state index contributed by atoms with van der Waals surface area (Å²) in [5.74, 6) is -2.34. The van der Waals surface area contributed by atoms with Crippen molar-refractivity contribution >= 4 is 36.6 Å². The van der Waals surface area contributed by atoms with Crippen LogP contribution in [0.3, 0.4) is 0 Å². The molecule has 1 aliphatic rings. The molecule has 15 nitrogen and oxygen atoms in total. The van der Waals surface area contributed by atoms with Crippen molar-refractivity contribution in [1.29, 1.82) is 0 Å². The van der Waals surface area contributed by atoms with E-state index >= 15 is 0 Å². The maximum atomic E-state index is 12.0. The maximum Gasteiger partial charge on any atom is 0.432 e. The number of anilines is 1. The van der Waals surface area contributed by atoms with Gasteiger partial charge in [0.25, 0.3) is 0 Å². The van der Waals surface area contributed by atoms with Crippen molar-refractivity contribution in [2.24, 2.45) is 5.73 Å². The number of nitrogen functional groups attached to an aromatic ring is 1. The minimum atomic E-state index is -4.67. The van der Waals surface area contributed by atoms with Gasteiger partial charge in [-0.15, -0.1) is 0 Å². The monoisotopic (exact) mass is 445 g/mol. The van der Waals surface area contributed by atoms with Crippen molar-refractivity contribution < 1.29 is 38.5 Å². The van der Waals surface area contributed by atoms with Gasteiger partial charge in [0.2, 0.25) is 5.91 Å². The Kier molecular flexibility index (Phi) is 6.30. The number of aliphatic hydroxyl groups is 1. The summed E-state index contributed by atoms with van der Waals surface area (Å²) in [4.78, 5) is 44.0. The number of nitrogens with two attached hydrogens (primary N) is 2. The number of carboxylic acids is 1. The van der Waals surface area contributed by atoms with Crippen LogP contribution in [0, 0.1) is 0 Å². The van der Waals surface area contributed by atoms with E-state index in [2.05, 4.69) is 15.0 Å². The van der Waals surface area contributed by atoms with E-state index in [1.54, 1.807) is 5.09 Å². The number of hydrogen-bond donors (Lipinski definition) is 6. The lowest BCUT2D eigenvalue weighted by Crippen LogP contribution is -2.41.